The maximum Gasteiger partial charge on any atom is 0.282 e. The van der Waals surface area contributed by atoms with Crippen LogP contribution in [0.3, 0.4) is 0 Å². The quantitative estimate of drug-likeness (QED) is 0.292. The zero-order valence-corrected chi connectivity index (χ0v) is 20.1. The number of hydrogen-bond donors (Lipinski definition) is 0. The number of aryl methyl sites for hydroxylation is 1. The van der Waals surface area contributed by atoms with Gasteiger partial charge in [-0.3, -0.25) is 4.68 Å². The number of hydrogen-bond acceptors (Lipinski definition) is 4. The highest BCUT2D eigenvalue weighted by molar-refractivity contribution is 6.31. The number of benzene rings is 1. The lowest BCUT2D eigenvalue weighted by Crippen LogP contribution is -2.11. The first-order valence-electron chi connectivity index (χ1n) is 11.5. The molecule has 3 aromatic heterocycles. The topological polar surface area (TPSA) is 61.4 Å². The van der Waals surface area contributed by atoms with Crippen LogP contribution in [0.25, 0.3) is 17.1 Å². The van der Waals surface area contributed by atoms with Gasteiger partial charge in [0.25, 0.3) is 6.43 Å². The zero-order chi connectivity index (χ0) is 24.7. The molecule has 0 radical (unpaired) electrons. The van der Waals surface area contributed by atoms with Crippen LogP contribution in [-0.4, -0.2) is 29.5 Å². The van der Waals surface area contributed by atoms with Gasteiger partial charge in [0.05, 0.1) is 22.1 Å². The second-order valence-corrected chi connectivity index (χ2v) is 9.18. The third-order valence-electron chi connectivity index (χ3n) is 6.27. The van der Waals surface area contributed by atoms with Gasteiger partial charge < -0.3 is 0 Å². The lowest BCUT2D eigenvalue weighted by atomic mass is 10.0. The van der Waals surface area contributed by atoms with Gasteiger partial charge in [-0.15, -0.1) is 0 Å². The lowest BCUT2D eigenvalue weighted by Gasteiger charge is -2.10. The fourth-order valence-corrected chi connectivity index (χ4v) is 4.50. The van der Waals surface area contributed by atoms with Crippen molar-refractivity contribution in [1.29, 1.82) is 0 Å². The molecule has 182 valence electrons. The average molecular weight is 501 g/mol. The van der Waals surface area contributed by atoms with E-state index in [0.717, 1.165) is 40.2 Å². The molecule has 0 spiro atoms. The molecule has 3 heterocycles. The first-order chi connectivity index (χ1) is 16.9. The summed E-state index contributed by atoms with van der Waals surface area (Å²) in [5, 5.41) is 9.00. The first kappa shape index (κ1) is 23.5. The zero-order valence-electron chi connectivity index (χ0n) is 19.3. The van der Waals surface area contributed by atoms with E-state index in [4.69, 9.17) is 16.7 Å². The molecule has 0 amide bonds. The van der Waals surface area contributed by atoms with Gasteiger partial charge in [-0.2, -0.15) is 10.2 Å². The van der Waals surface area contributed by atoms with Crippen LogP contribution in [0.5, 0.6) is 0 Å². The predicted molar refractivity (Wildman–Crippen MR) is 126 cm³/mol. The lowest BCUT2D eigenvalue weighted by molar-refractivity contribution is 0.142. The molecule has 0 saturated heterocycles. The van der Waals surface area contributed by atoms with Crippen molar-refractivity contribution in [3.05, 3.63) is 75.8 Å². The second-order valence-electron chi connectivity index (χ2n) is 8.80. The standard InChI is InChI=1S/C25H24ClF3N6/c1-3-19-20(34(12-15-4-5-15)33-23(19)16-6-8-17(27)9-7-16)10-18-11-21(31-13-30-18)35-24(25(28)29)22(26)14(2)32-35/h6-9,11,13,15,25H,3-5,10,12H2,1-2H3. The average Bonchev–Trinajstić information content (AvgIpc) is 3.52. The maximum absolute atomic E-state index is 13.7. The number of nitrogens with zero attached hydrogens (tertiary/aromatic N) is 6. The Labute approximate surface area is 205 Å². The molecule has 35 heavy (non-hydrogen) atoms. The van der Waals surface area contributed by atoms with Crippen molar-refractivity contribution in [2.75, 3.05) is 0 Å². The Morgan fingerprint density at radius 2 is 1.86 bits per heavy atom. The van der Waals surface area contributed by atoms with Crippen molar-refractivity contribution in [2.45, 2.75) is 52.5 Å². The molecule has 0 unspecified atom stereocenters. The number of rotatable bonds is 8. The van der Waals surface area contributed by atoms with Crippen LogP contribution in [0.2, 0.25) is 5.02 Å². The van der Waals surface area contributed by atoms with E-state index >= 15 is 0 Å². The molecule has 10 heteroatoms. The monoisotopic (exact) mass is 500 g/mol. The van der Waals surface area contributed by atoms with Crippen molar-refractivity contribution in [1.82, 2.24) is 29.5 Å². The van der Waals surface area contributed by atoms with Gasteiger partial charge in [-0.05, 0) is 56.4 Å². The molecule has 1 aromatic carbocycles. The summed E-state index contributed by atoms with van der Waals surface area (Å²) >= 11 is 6.07. The highest BCUT2D eigenvalue weighted by atomic mass is 35.5. The minimum Gasteiger partial charge on any atom is -0.268 e. The second kappa shape index (κ2) is 9.45. The highest BCUT2D eigenvalue weighted by Gasteiger charge is 2.27. The number of halogens is 4. The minimum atomic E-state index is -2.80. The molecule has 0 atom stereocenters. The first-order valence-corrected chi connectivity index (χ1v) is 11.9. The smallest absolute Gasteiger partial charge is 0.268 e. The molecule has 1 saturated carbocycles. The van der Waals surface area contributed by atoms with Crippen LogP contribution >= 0.6 is 11.6 Å². The summed E-state index contributed by atoms with van der Waals surface area (Å²) in [5.74, 6) is 0.517. The predicted octanol–water partition coefficient (Wildman–Crippen LogP) is 6.13. The summed E-state index contributed by atoms with van der Waals surface area (Å²) in [7, 11) is 0. The third kappa shape index (κ3) is 4.69. The summed E-state index contributed by atoms with van der Waals surface area (Å²) in [6, 6.07) is 7.99. The van der Waals surface area contributed by atoms with Crippen molar-refractivity contribution in [3.8, 4) is 17.1 Å². The van der Waals surface area contributed by atoms with Crippen molar-refractivity contribution in [3.63, 3.8) is 0 Å². The van der Waals surface area contributed by atoms with Crippen molar-refractivity contribution < 1.29 is 13.2 Å². The maximum atomic E-state index is 13.7. The fraction of sp³-hybridized carbons (Fsp3) is 0.360. The molecule has 1 fully saturated rings. The molecular weight excluding hydrogens is 477 g/mol. The Bertz CT molecular complexity index is 1360. The van der Waals surface area contributed by atoms with E-state index in [0.29, 0.717) is 23.7 Å². The van der Waals surface area contributed by atoms with E-state index in [2.05, 4.69) is 22.0 Å². The van der Waals surface area contributed by atoms with E-state index in [9.17, 15) is 13.2 Å². The summed E-state index contributed by atoms with van der Waals surface area (Å²) < 4.78 is 44.0. The molecule has 0 N–H and O–H groups in total. The largest absolute Gasteiger partial charge is 0.282 e. The van der Waals surface area contributed by atoms with Crippen LogP contribution in [0.1, 0.15) is 54.5 Å². The van der Waals surface area contributed by atoms with Crippen molar-refractivity contribution in [2.24, 2.45) is 5.92 Å². The Hall–Kier alpha value is -3.20. The van der Waals surface area contributed by atoms with Crippen LogP contribution < -0.4 is 0 Å². The van der Waals surface area contributed by atoms with Crippen LogP contribution in [0.4, 0.5) is 13.2 Å². The molecule has 0 bridgehead atoms. The van der Waals surface area contributed by atoms with Crippen molar-refractivity contribution >= 4 is 11.6 Å². The summed E-state index contributed by atoms with van der Waals surface area (Å²) in [6.07, 6.45) is 2.05. The van der Waals surface area contributed by atoms with Gasteiger partial charge in [0.15, 0.2) is 5.82 Å². The van der Waals surface area contributed by atoms with Gasteiger partial charge in [-0.25, -0.2) is 27.8 Å². The van der Waals surface area contributed by atoms with Gasteiger partial charge in [0, 0.05) is 35.9 Å². The van der Waals surface area contributed by atoms with E-state index < -0.39 is 6.43 Å². The molecule has 5 rings (SSSR count). The Balaban J connectivity index is 1.55. The van der Waals surface area contributed by atoms with Gasteiger partial charge >= 0.3 is 0 Å². The molecule has 1 aliphatic rings. The SMILES string of the molecule is CCc1c(-c2ccc(F)cc2)nn(CC2CC2)c1Cc1cc(-n2nc(C)c(Cl)c2C(F)F)ncn1. The third-order valence-corrected chi connectivity index (χ3v) is 6.74. The molecular formula is C25H24ClF3N6. The Kier molecular flexibility index (Phi) is 6.35. The van der Waals surface area contributed by atoms with E-state index in [1.165, 1.54) is 31.3 Å². The van der Waals surface area contributed by atoms with Gasteiger partial charge in [0.1, 0.15) is 17.8 Å². The van der Waals surface area contributed by atoms with E-state index in [-0.39, 0.29) is 22.4 Å². The summed E-state index contributed by atoms with van der Waals surface area (Å²) in [4.78, 5) is 8.58. The highest BCUT2D eigenvalue weighted by Crippen LogP contribution is 2.35. The summed E-state index contributed by atoms with van der Waals surface area (Å²) in [6.45, 7) is 4.43. The number of aromatic nitrogens is 6. The van der Waals surface area contributed by atoms with Gasteiger partial charge in [-0.1, -0.05) is 18.5 Å². The van der Waals surface area contributed by atoms with Crippen LogP contribution in [0, 0.1) is 18.7 Å². The molecule has 0 aliphatic heterocycles. The molecule has 4 aromatic rings. The Morgan fingerprint density at radius 3 is 2.51 bits per heavy atom. The normalized spacial score (nSPS) is 13.7. The van der Waals surface area contributed by atoms with Crippen LogP contribution in [0.15, 0.2) is 36.7 Å². The minimum absolute atomic E-state index is 0.0696. The molecule has 6 nitrogen and oxygen atoms in total. The van der Waals surface area contributed by atoms with E-state index in [1.54, 1.807) is 25.1 Å². The molecule has 1 aliphatic carbocycles. The van der Waals surface area contributed by atoms with Crippen LogP contribution in [-0.2, 0) is 19.4 Å². The number of alkyl halides is 2. The summed E-state index contributed by atoms with van der Waals surface area (Å²) in [5.41, 5.74) is 4.31. The Morgan fingerprint density at radius 1 is 1.11 bits per heavy atom. The van der Waals surface area contributed by atoms with E-state index in [1.807, 2.05) is 4.68 Å². The van der Waals surface area contributed by atoms with Gasteiger partial charge in [0.2, 0.25) is 0 Å². The fourth-order valence-electron chi connectivity index (χ4n) is 4.30.